The lowest BCUT2D eigenvalue weighted by Gasteiger charge is -2.10. The van der Waals surface area contributed by atoms with Crippen molar-refractivity contribution in [1.29, 1.82) is 0 Å². The number of aromatic amines is 1. The van der Waals surface area contributed by atoms with E-state index in [0.29, 0.717) is 0 Å². The summed E-state index contributed by atoms with van der Waals surface area (Å²) in [5.41, 5.74) is 5.01. The molecule has 3 heteroatoms. The summed E-state index contributed by atoms with van der Waals surface area (Å²) in [5, 5.41) is 0. The van der Waals surface area contributed by atoms with Gasteiger partial charge >= 0.3 is 0 Å². The zero-order valence-corrected chi connectivity index (χ0v) is 11.1. The molecule has 0 aliphatic carbocycles. The predicted molar refractivity (Wildman–Crippen MR) is 73.8 cm³/mol. The molecule has 0 aliphatic heterocycles. The van der Waals surface area contributed by atoms with Crippen LogP contribution in [0.2, 0.25) is 0 Å². The normalized spacial score (nSPS) is 10.6. The molecule has 1 aromatic carbocycles. The number of H-pyrrole nitrogens is 1. The highest BCUT2D eigenvalue weighted by Crippen LogP contribution is 2.24. The lowest BCUT2D eigenvalue weighted by Crippen LogP contribution is -2.15. The van der Waals surface area contributed by atoms with E-state index < -0.39 is 0 Å². The molecule has 0 saturated carbocycles. The third-order valence-corrected chi connectivity index (χ3v) is 3.09. The van der Waals surface area contributed by atoms with Gasteiger partial charge in [0.1, 0.15) is 0 Å². The second-order valence-electron chi connectivity index (χ2n) is 4.63. The molecule has 3 nitrogen and oxygen atoms in total. The standard InChI is InChI=1S/C15H18N2O/c1-4-5-13-14(16-9-17-15(13)18)12-7-6-10(2)8-11(12)3/h6-9H,4-5H2,1-3H3,(H,16,17,18). The number of hydrogen-bond acceptors (Lipinski definition) is 2. The van der Waals surface area contributed by atoms with Crippen molar-refractivity contribution in [3.05, 3.63) is 51.6 Å². The van der Waals surface area contributed by atoms with Gasteiger partial charge in [-0.2, -0.15) is 0 Å². The summed E-state index contributed by atoms with van der Waals surface area (Å²) in [5.74, 6) is 0. The Morgan fingerprint density at radius 2 is 2.06 bits per heavy atom. The van der Waals surface area contributed by atoms with Gasteiger partial charge in [-0.15, -0.1) is 0 Å². The minimum Gasteiger partial charge on any atom is -0.313 e. The summed E-state index contributed by atoms with van der Waals surface area (Å²) in [6, 6.07) is 6.22. The highest BCUT2D eigenvalue weighted by molar-refractivity contribution is 5.66. The van der Waals surface area contributed by atoms with E-state index in [4.69, 9.17) is 0 Å². The van der Waals surface area contributed by atoms with E-state index in [-0.39, 0.29) is 5.56 Å². The molecule has 2 aromatic rings. The first kappa shape index (κ1) is 12.6. The molecule has 0 aliphatic rings. The molecule has 0 fully saturated rings. The van der Waals surface area contributed by atoms with Crippen molar-refractivity contribution >= 4 is 0 Å². The summed E-state index contributed by atoms with van der Waals surface area (Å²) < 4.78 is 0. The number of nitrogens with one attached hydrogen (secondary N) is 1. The topological polar surface area (TPSA) is 45.8 Å². The van der Waals surface area contributed by atoms with Crippen LogP contribution >= 0.6 is 0 Å². The first-order valence-corrected chi connectivity index (χ1v) is 6.27. The summed E-state index contributed by atoms with van der Waals surface area (Å²) in [6.07, 6.45) is 3.18. The third kappa shape index (κ3) is 2.35. The summed E-state index contributed by atoms with van der Waals surface area (Å²) in [4.78, 5) is 18.9. The second-order valence-corrected chi connectivity index (χ2v) is 4.63. The van der Waals surface area contributed by atoms with Gasteiger partial charge in [0.2, 0.25) is 0 Å². The molecule has 0 bridgehead atoms. The lowest BCUT2D eigenvalue weighted by atomic mass is 9.98. The van der Waals surface area contributed by atoms with Gasteiger partial charge in [-0.25, -0.2) is 4.98 Å². The van der Waals surface area contributed by atoms with E-state index in [0.717, 1.165) is 35.2 Å². The Bertz CT molecular complexity index is 614. The van der Waals surface area contributed by atoms with Crippen molar-refractivity contribution < 1.29 is 0 Å². The lowest BCUT2D eigenvalue weighted by molar-refractivity contribution is 0.888. The Kier molecular flexibility index (Phi) is 3.60. The van der Waals surface area contributed by atoms with Gasteiger partial charge in [0.05, 0.1) is 12.0 Å². The summed E-state index contributed by atoms with van der Waals surface area (Å²) >= 11 is 0. The summed E-state index contributed by atoms with van der Waals surface area (Å²) in [7, 11) is 0. The van der Waals surface area contributed by atoms with E-state index >= 15 is 0 Å². The molecule has 1 aromatic heterocycles. The molecule has 2 rings (SSSR count). The quantitative estimate of drug-likeness (QED) is 0.899. The number of hydrogen-bond donors (Lipinski definition) is 1. The molecule has 1 heterocycles. The Hall–Kier alpha value is -1.90. The molecule has 0 amide bonds. The number of aromatic nitrogens is 2. The molecule has 0 spiro atoms. The number of aryl methyl sites for hydroxylation is 2. The van der Waals surface area contributed by atoms with Gasteiger partial charge in [0, 0.05) is 11.1 Å². The average molecular weight is 242 g/mol. The number of rotatable bonds is 3. The van der Waals surface area contributed by atoms with Gasteiger partial charge < -0.3 is 4.98 Å². The van der Waals surface area contributed by atoms with Crippen LogP contribution in [0, 0.1) is 13.8 Å². The zero-order valence-electron chi connectivity index (χ0n) is 11.1. The van der Waals surface area contributed by atoms with Crippen molar-refractivity contribution in [2.75, 3.05) is 0 Å². The molecular formula is C15H18N2O. The molecule has 0 radical (unpaired) electrons. The number of nitrogens with zero attached hydrogens (tertiary/aromatic N) is 1. The SMILES string of the molecule is CCCc1c(-c2ccc(C)cc2C)nc[nH]c1=O. The molecular weight excluding hydrogens is 224 g/mol. The Morgan fingerprint density at radius 3 is 2.72 bits per heavy atom. The van der Waals surface area contributed by atoms with Crippen molar-refractivity contribution in [2.24, 2.45) is 0 Å². The fourth-order valence-corrected chi connectivity index (χ4v) is 2.22. The fraction of sp³-hybridized carbons (Fsp3) is 0.333. The largest absolute Gasteiger partial charge is 0.313 e. The van der Waals surface area contributed by atoms with Crippen LogP contribution in [0.15, 0.2) is 29.3 Å². The molecule has 18 heavy (non-hydrogen) atoms. The predicted octanol–water partition coefficient (Wildman–Crippen LogP) is 3.01. The third-order valence-electron chi connectivity index (χ3n) is 3.09. The highest BCUT2D eigenvalue weighted by atomic mass is 16.1. The Morgan fingerprint density at radius 1 is 1.28 bits per heavy atom. The highest BCUT2D eigenvalue weighted by Gasteiger charge is 2.11. The number of benzene rings is 1. The monoisotopic (exact) mass is 242 g/mol. The van der Waals surface area contributed by atoms with E-state index in [2.05, 4.69) is 42.9 Å². The molecule has 94 valence electrons. The average Bonchev–Trinajstić information content (AvgIpc) is 2.32. The molecule has 0 saturated heterocycles. The second kappa shape index (κ2) is 5.17. The zero-order chi connectivity index (χ0) is 13.1. The van der Waals surface area contributed by atoms with E-state index in [1.807, 2.05) is 6.07 Å². The van der Waals surface area contributed by atoms with Crippen LogP contribution in [-0.2, 0) is 6.42 Å². The van der Waals surface area contributed by atoms with E-state index in [1.54, 1.807) is 0 Å². The maximum absolute atomic E-state index is 11.9. The van der Waals surface area contributed by atoms with Crippen molar-refractivity contribution in [1.82, 2.24) is 9.97 Å². The Labute approximate surface area is 107 Å². The van der Waals surface area contributed by atoms with Gasteiger partial charge in [0.25, 0.3) is 5.56 Å². The van der Waals surface area contributed by atoms with Gasteiger partial charge in [0.15, 0.2) is 0 Å². The van der Waals surface area contributed by atoms with Crippen LogP contribution in [0.5, 0.6) is 0 Å². The molecule has 0 atom stereocenters. The first-order chi connectivity index (χ1) is 8.63. The van der Waals surface area contributed by atoms with Crippen LogP contribution in [0.3, 0.4) is 0 Å². The Balaban J connectivity index is 2.63. The van der Waals surface area contributed by atoms with Crippen LogP contribution in [0.25, 0.3) is 11.3 Å². The van der Waals surface area contributed by atoms with Crippen LogP contribution in [-0.4, -0.2) is 9.97 Å². The first-order valence-electron chi connectivity index (χ1n) is 6.27. The van der Waals surface area contributed by atoms with Crippen molar-refractivity contribution in [3.8, 4) is 11.3 Å². The minimum absolute atomic E-state index is 0.0261. The maximum Gasteiger partial charge on any atom is 0.254 e. The fourth-order valence-electron chi connectivity index (χ4n) is 2.22. The maximum atomic E-state index is 11.9. The van der Waals surface area contributed by atoms with Crippen LogP contribution < -0.4 is 5.56 Å². The van der Waals surface area contributed by atoms with Crippen LogP contribution in [0.4, 0.5) is 0 Å². The van der Waals surface area contributed by atoms with Crippen molar-refractivity contribution in [3.63, 3.8) is 0 Å². The van der Waals surface area contributed by atoms with Crippen molar-refractivity contribution in [2.45, 2.75) is 33.6 Å². The van der Waals surface area contributed by atoms with E-state index in [9.17, 15) is 4.79 Å². The van der Waals surface area contributed by atoms with Gasteiger partial charge in [-0.05, 0) is 25.8 Å². The van der Waals surface area contributed by atoms with E-state index in [1.165, 1.54) is 11.9 Å². The minimum atomic E-state index is -0.0261. The van der Waals surface area contributed by atoms with Crippen LogP contribution in [0.1, 0.15) is 30.0 Å². The molecule has 0 unspecified atom stereocenters. The van der Waals surface area contributed by atoms with Gasteiger partial charge in [-0.1, -0.05) is 37.1 Å². The van der Waals surface area contributed by atoms with Gasteiger partial charge in [-0.3, -0.25) is 4.79 Å². The smallest absolute Gasteiger partial charge is 0.254 e. The summed E-state index contributed by atoms with van der Waals surface area (Å²) in [6.45, 7) is 6.19. The molecule has 1 N–H and O–H groups in total.